The van der Waals surface area contributed by atoms with Gasteiger partial charge in [0.15, 0.2) is 0 Å². The van der Waals surface area contributed by atoms with Gasteiger partial charge < -0.3 is 20.5 Å². The number of allylic oxidation sites excluding steroid dienone is 1. The molecule has 0 bridgehead atoms. The zero-order chi connectivity index (χ0) is 30.8. The number of aliphatic hydroxyl groups excluding tert-OH is 1. The van der Waals surface area contributed by atoms with Crippen molar-refractivity contribution in [1.29, 1.82) is 0 Å². The standard InChI is InChI=1S/C32H39N5O6/c1-22(32(41)42-3)21-27-23(2)28(31(40)34-27)29(24-7-5-4-6-8-24)33-26-11-9-25(10-12-26)30(39)35-43-20-18-37-15-13-36(14-16-37)17-19-38/h4-12,21,33,38H,13-20H2,1-3H3,(H,34,40)(H,35,39)/b22-21+,29-28-. The highest BCUT2D eigenvalue weighted by molar-refractivity contribution is 6.11. The number of rotatable bonds is 12. The van der Waals surface area contributed by atoms with Crippen molar-refractivity contribution in [1.82, 2.24) is 20.6 Å². The number of hydrogen-bond donors (Lipinski definition) is 4. The Kier molecular flexibility index (Phi) is 11.2. The zero-order valence-corrected chi connectivity index (χ0v) is 24.8. The first-order chi connectivity index (χ1) is 20.8. The number of hydroxylamine groups is 1. The summed E-state index contributed by atoms with van der Waals surface area (Å²) >= 11 is 0. The van der Waals surface area contributed by atoms with Crippen molar-refractivity contribution in [2.45, 2.75) is 13.8 Å². The summed E-state index contributed by atoms with van der Waals surface area (Å²) in [4.78, 5) is 47.6. The van der Waals surface area contributed by atoms with E-state index in [0.717, 1.165) is 31.7 Å². The molecule has 0 aliphatic carbocycles. The van der Waals surface area contributed by atoms with Crippen LogP contribution in [0.25, 0.3) is 5.70 Å². The third-order valence-electron chi connectivity index (χ3n) is 7.41. The lowest BCUT2D eigenvalue weighted by Crippen LogP contribution is -2.48. The number of anilines is 1. The summed E-state index contributed by atoms with van der Waals surface area (Å²) in [7, 11) is 1.31. The van der Waals surface area contributed by atoms with Gasteiger partial charge >= 0.3 is 5.97 Å². The molecule has 11 nitrogen and oxygen atoms in total. The van der Waals surface area contributed by atoms with Gasteiger partial charge in [-0.2, -0.15) is 0 Å². The zero-order valence-electron chi connectivity index (χ0n) is 24.8. The first-order valence-electron chi connectivity index (χ1n) is 14.2. The maximum Gasteiger partial charge on any atom is 0.333 e. The molecule has 11 heteroatoms. The van der Waals surface area contributed by atoms with E-state index in [2.05, 4.69) is 25.9 Å². The van der Waals surface area contributed by atoms with Gasteiger partial charge in [-0.25, -0.2) is 10.3 Å². The summed E-state index contributed by atoms with van der Waals surface area (Å²) < 4.78 is 4.78. The van der Waals surface area contributed by atoms with E-state index in [0.29, 0.717) is 59.1 Å². The van der Waals surface area contributed by atoms with Crippen molar-refractivity contribution in [3.8, 4) is 0 Å². The van der Waals surface area contributed by atoms with E-state index in [-0.39, 0.29) is 18.4 Å². The van der Waals surface area contributed by atoms with Crippen LogP contribution in [0.2, 0.25) is 0 Å². The Morgan fingerprint density at radius 2 is 1.63 bits per heavy atom. The first kappa shape index (κ1) is 31.6. The van der Waals surface area contributed by atoms with E-state index in [1.165, 1.54) is 7.11 Å². The molecule has 0 saturated carbocycles. The Hall–Kier alpha value is -4.29. The van der Waals surface area contributed by atoms with E-state index in [1.807, 2.05) is 37.3 Å². The number of ether oxygens (including phenoxy) is 1. The molecule has 2 heterocycles. The van der Waals surface area contributed by atoms with Crippen LogP contribution in [0, 0.1) is 0 Å². The quantitative estimate of drug-likeness (QED) is 0.127. The largest absolute Gasteiger partial charge is 0.466 e. The van der Waals surface area contributed by atoms with Crippen LogP contribution in [-0.2, 0) is 19.2 Å². The number of methoxy groups -OCH3 is 1. The van der Waals surface area contributed by atoms with Gasteiger partial charge in [-0.05, 0) is 55.3 Å². The smallest absolute Gasteiger partial charge is 0.333 e. The topological polar surface area (TPSA) is 132 Å². The number of piperazine rings is 1. The van der Waals surface area contributed by atoms with E-state index in [9.17, 15) is 14.4 Å². The number of amides is 2. The number of nitrogens with zero attached hydrogens (tertiary/aromatic N) is 2. The molecule has 0 unspecified atom stereocenters. The fourth-order valence-corrected chi connectivity index (χ4v) is 4.93. The van der Waals surface area contributed by atoms with Crippen LogP contribution in [0.15, 0.2) is 83.1 Å². The number of carbonyl (C=O) groups is 3. The van der Waals surface area contributed by atoms with Crippen LogP contribution in [-0.4, -0.2) is 92.3 Å². The molecule has 2 aromatic carbocycles. The van der Waals surface area contributed by atoms with Gasteiger partial charge in [0.2, 0.25) is 0 Å². The Labute approximate surface area is 251 Å². The molecule has 0 radical (unpaired) electrons. The highest BCUT2D eigenvalue weighted by Gasteiger charge is 2.28. The SMILES string of the molecule is COC(=O)/C(C)=C/C1=C(C)C(=C(/Nc2ccc(C(=O)NOCCN3CCN(CCO)CC3)cc2)c2ccccc2)/C(=O)N1. The lowest BCUT2D eigenvalue weighted by Gasteiger charge is -2.34. The minimum absolute atomic E-state index is 0.171. The molecular formula is C32H39N5O6. The van der Waals surface area contributed by atoms with Crippen molar-refractivity contribution < 1.29 is 29.1 Å². The third kappa shape index (κ3) is 8.39. The van der Waals surface area contributed by atoms with Crippen molar-refractivity contribution in [3.63, 3.8) is 0 Å². The van der Waals surface area contributed by atoms with Crippen molar-refractivity contribution in [2.75, 3.05) is 64.9 Å². The molecular weight excluding hydrogens is 550 g/mol. The van der Waals surface area contributed by atoms with Gasteiger partial charge in [0.1, 0.15) is 0 Å². The maximum absolute atomic E-state index is 13.2. The molecule has 0 aromatic heterocycles. The molecule has 0 atom stereocenters. The molecule has 1 saturated heterocycles. The summed E-state index contributed by atoms with van der Waals surface area (Å²) in [5.74, 6) is -1.13. The molecule has 0 spiro atoms. The second kappa shape index (κ2) is 15.3. The van der Waals surface area contributed by atoms with Crippen molar-refractivity contribution >= 4 is 29.2 Å². The van der Waals surface area contributed by atoms with Crippen LogP contribution in [0.4, 0.5) is 5.69 Å². The number of hydrogen-bond acceptors (Lipinski definition) is 9. The van der Waals surface area contributed by atoms with Crippen LogP contribution in [0.1, 0.15) is 29.8 Å². The van der Waals surface area contributed by atoms with Crippen molar-refractivity contribution in [3.05, 3.63) is 94.2 Å². The van der Waals surface area contributed by atoms with Gasteiger partial charge in [0.25, 0.3) is 11.8 Å². The predicted octanol–water partition coefficient (Wildman–Crippen LogP) is 2.30. The summed E-state index contributed by atoms with van der Waals surface area (Å²) in [6, 6.07) is 16.4. The van der Waals surface area contributed by atoms with E-state index >= 15 is 0 Å². The van der Waals surface area contributed by atoms with Crippen molar-refractivity contribution in [2.24, 2.45) is 0 Å². The highest BCUT2D eigenvalue weighted by Crippen LogP contribution is 2.31. The first-order valence-corrected chi connectivity index (χ1v) is 14.2. The minimum atomic E-state index is -0.476. The number of carbonyl (C=O) groups excluding carboxylic acids is 3. The Morgan fingerprint density at radius 3 is 2.26 bits per heavy atom. The number of aliphatic hydroxyl groups is 1. The number of esters is 1. The third-order valence-corrected chi connectivity index (χ3v) is 7.41. The average molecular weight is 590 g/mol. The number of nitrogens with one attached hydrogen (secondary N) is 3. The molecule has 2 amide bonds. The van der Waals surface area contributed by atoms with Crippen LogP contribution < -0.4 is 16.1 Å². The van der Waals surface area contributed by atoms with Crippen LogP contribution in [0.5, 0.6) is 0 Å². The van der Waals surface area contributed by atoms with Gasteiger partial charge in [-0.15, -0.1) is 0 Å². The van der Waals surface area contributed by atoms with E-state index < -0.39 is 5.97 Å². The summed E-state index contributed by atoms with van der Waals surface area (Å²) in [6.45, 7) is 8.99. The molecule has 228 valence electrons. The van der Waals surface area contributed by atoms with Gasteiger partial charge in [-0.1, -0.05) is 30.3 Å². The van der Waals surface area contributed by atoms with Gasteiger partial charge in [-0.3, -0.25) is 24.2 Å². The van der Waals surface area contributed by atoms with Gasteiger partial charge in [0, 0.05) is 61.8 Å². The molecule has 2 aliphatic heterocycles. The average Bonchev–Trinajstić information content (AvgIpc) is 3.30. The monoisotopic (exact) mass is 589 g/mol. The molecule has 4 rings (SSSR count). The lowest BCUT2D eigenvalue weighted by molar-refractivity contribution is -0.136. The number of benzene rings is 2. The Bertz CT molecular complexity index is 1390. The number of β-amino-alcohol motifs (C(OH)–C–C–N with tert-alkyl or cyclic N) is 1. The summed E-state index contributed by atoms with van der Waals surface area (Å²) in [5, 5.41) is 15.3. The fourth-order valence-electron chi connectivity index (χ4n) is 4.93. The fraction of sp³-hybridized carbons (Fsp3) is 0.344. The highest BCUT2D eigenvalue weighted by atomic mass is 16.7. The molecule has 1 fully saturated rings. The predicted molar refractivity (Wildman–Crippen MR) is 163 cm³/mol. The summed E-state index contributed by atoms with van der Waals surface area (Å²) in [5.41, 5.74) is 7.01. The molecule has 4 N–H and O–H groups in total. The Morgan fingerprint density at radius 1 is 0.977 bits per heavy atom. The summed E-state index contributed by atoms with van der Waals surface area (Å²) in [6.07, 6.45) is 1.60. The minimum Gasteiger partial charge on any atom is -0.466 e. The van der Waals surface area contributed by atoms with E-state index in [1.54, 1.807) is 37.3 Å². The molecule has 2 aromatic rings. The van der Waals surface area contributed by atoms with Gasteiger partial charge in [0.05, 0.1) is 31.6 Å². The van der Waals surface area contributed by atoms with Crippen LogP contribution in [0.3, 0.4) is 0 Å². The normalized spacial score (nSPS) is 17.5. The Balaban J connectivity index is 1.42. The molecule has 43 heavy (non-hydrogen) atoms. The van der Waals surface area contributed by atoms with Crippen LogP contribution >= 0.6 is 0 Å². The second-order valence-electron chi connectivity index (χ2n) is 10.3. The lowest BCUT2D eigenvalue weighted by atomic mass is 10.00. The maximum atomic E-state index is 13.2. The van der Waals surface area contributed by atoms with E-state index in [4.69, 9.17) is 14.7 Å². The molecule has 2 aliphatic rings. The second-order valence-corrected chi connectivity index (χ2v) is 10.3.